The Morgan fingerprint density at radius 1 is 1.56 bits per heavy atom. The summed E-state index contributed by atoms with van der Waals surface area (Å²) in [6, 6.07) is 3.63. The Kier molecular flexibility index (Phi) is 3.84. The number of hydrogen-bond acceptors (Lipinski definition) is 5. The number of rotatable bonds is 6. The van der Waals surface area contributed by atoms with Crippen LogP contribution in [0.5, 0.6) is 0 Å². The highest BCUT2D eigenvalue weighted by atomic mass is 32.2. The monoisotopic (exact) mass is 270 g/mol. The van der Waals surface area contributed by atoms with E-state index in [9.17, 15) is 8.42 Å². The molecule has 0 atom stereocenters. The SMILES string of the molecule is CN(CCNS(=O)(=O)c1cccnc1N)C1CC1. The van der Waals surface area contributed by atoms with Crippen molar-refractivity contribution in [3.8, 4) is 0 Å². The first-order valence-electron chi connectivity index (χ1n) is 5.91. The lowest BCUT2D eigenvalue weighted by Gasteiger charge is -2.16. The number of aromatic nitrogens is 1. The van der Waals surface area contributed by atoms with Gasteiger partial charge in [-0.05, 0) is 32.0 Å². The zero-order chi connectivity index (χ0) is 13.2. The quantitative estimate of drug-likeness (QED) is 0.762. The Bertz CT molecular complexity index is 514. The first kappa shape index (κ1) is 13.3. The Morgan fingerprint density at radius 3 is 2.89 bits per heavy atom. The molecule has 1 aromatic rings. The van der Waals surface area contributed by atoms with Crippen LogP contribution in [-0.2, 0) is 10.0 Å². The molecule has 18 heavy (non-hydrogen) atoms. The molecule has 0 aromatic carbocycles. The third-order valence-corrected chi connectivity index (χ3v) is 4.52. The number of sulfonamides is 1. The van der Waals surface area contributed by atoms with E-state index in [4.69, 9.17) is 5.73 Å². The largest absolute Gasteiger partial charge is 0.383 e. The minimum absolute atomic E-state index is 0.0283. The van der Waals surface area contributed by atoms with Crippen LogP contribution >= 0.6 is 0 Å². The number of nitrogens with two attached hydrogens (primary N) is 1. The van der Waals surface area contributed by atoms with Gasteiger partial charge in [0.2, 0.25) is 10.0 Å². The number of hydrogen-bond donors (Lipinski definition) is 2. The fourth-order valence-corrected chi connectivity index (χ4v) is 2.86. The topological polar surface area (TPSA) is 88.3 Å². The van der Waals surface area contributed by atoms with Crippen molar-refractivity contribution in [3.05, 3.63) is 18.3 Å². The van der Waals surface area contributed by atoms with Crippen LogP contribution < -0.4 is 10.5 Å². The first-order chi connectivity index (χ1) is 8.50. The average Bonchev–Trinajstić information content (AvgIpc) is 3.12. The number of nitrogens with zero attached hydrogens (tertiary/aromatic N) is 2. The third kappa shape index (κ3) is 3.18. The molecule has 3 N–H and O–H groups in total. The molecular weight excluding hydrogens is 252 g/mol. The molecule has 2 rings (SSSR count). The van der Waals surface area contributed by atoms with Crippen molar-refractivity contribution >= 4 is 15.8 Å². The molecule has 0 radical (unpaired) electrons. The molecule has 1 heterocycles. The second kappa shape index (κ2) is 5.21. The molecule has 0 aliphatic heterocycles. The predicted octanol–water partition coefficient (Wildman–Crippen LogP) is 0.0363. The highest BCUT2D eigenvalue weighted by Crippen LogP contribution is 2.24. The van der Waals surface area contributed by atoms with Crippen LogP contribution in [0, 0.1) is 0 Å². The second-order valence-corrected chi connectivity index (χ2v) is 6.23. The molecule has 6 nitrogen and oxygen atoms in total. The summed E-state index contributed by atoms with van der Waals surface area (Å²) in [6.07, 6.45) is 3.88. The van der Waals surface area contributed by atoms with Crippen molar-refractivity contribution in [2.75, 3.05) is 25.9 Å². The van der Waals surface area contributed by atoms with Gasteiger partial charge in [0.05, 0.1) is 0 Å². The van der Waals surface area contributed by atoms with Crippen molar-refractivity contribution < 1.29 is 8.42 Å². The van der Waals surface area contributed by atoms with E-state index in [1.165, 1.54) is 25.1 Å². The summed E-state index contributed by atoms with van der Waals surface area (Å²) in [5, 5.41) is 0. The maximum absolute atomic E-state index is 12.0. The van der Waals surface area contributed by atoms with Gasteiger partial charge in [-0.3, -0.25) is 0 Å². The lowest BCUT2D eigenvalue weighted by Crippen LogP contribution is -2.34. The zero-order valence-corrected chi connectivity index (χ0v) is 11.2. The van der Waals surface area contributed by atoms with E-state index in [1.807, 2.05) is 7.05 Å². The summed E-state index contributed by atoms with van der Waals surface area (Å²) < 4.78 is 26.5. The molecule has 1 saturated carbocycles. The van der Waals surface area contributed by atoms with Gasteiger partial charge in [0.15, 0.2) is 0 Å². The van der Waals surface area contributed by atoms with Gasteiger partial charge in [0, 0.05) is 25.3 Å². The molecule has 1 aliphatic rings. The minimum Gasteiger partial charge on any atom is -0.383 e. The molecule has 1 aromatic heterocycles. The molecule has 1 fully saturated rings. The van der Waals surface area contributed by atoms with Gasteiger partial charge < -0.3 is 10.6 Å². The summed E-state index contributed by atoms with van der Waals surface area (Å²) in [6.45, 7) is 1.08. The molecule has 1 aliphatic carbocycles. The van der Waals surface area contributed by atoms with Crippen LogP contribution in [0.15, 0.2) is 23.2 Å². The highest BCUT2D eigenvalue weighted by Gasteiger charge is 2.26. The summed E-state index contributed by atoms with van der Waals surface area (Å²) in [7, 11) is -1.55. The van der Waals surface area contributed by atoms with Crippen molar-refractivity contribution in [3.63, 3.8) is 0 Å². The average molecular weight is 270 g/mol. The van der Waals surface area contributed by atoms with E-state index in [2.05, 4.69) is 14.6 Å². The van der Waals surface area contributed by atoms with Gasteiger partial charge in [-0.25, -0.2) is 18.1 Å². The normalized spacial score (nSPS) is 16.1. The van der Waals surface area contributed by atoms with Crippen LogP contribution in [0.25, 0.3) is 0 Å². The molecule has 0 unspecified atom stereocenters. The van der Waals surface area contributed by atoms with Crippen LogP contribution in [-0.4, -0.2) is 44.5 Å². The standard InChI is InChI=1S/C11H18N4O2S/c1-15(9-4-5-9)8-7-14-18(16,17)10-3-2-6-13-11(10)12/h2-3,6,9,14H,4-5,7-8H2,1H3,(H2,12,13). The van der Waals surface area contributed by atoms with Gasteiger partial charge in [-0.1, -0.05) is 0 Å². The Balaban J connectivity index is 1.93. The van der Waals surface area contributed by atoms with Crippen LogP contribution in [0.4, 0.5) is 5.82 Å². The van der Waals surface area contributed by atoms with Gasteiger partial charge >= 0.3 is 0 Å². The van der Waals surface area contributed by atoms with Gasteiger partial charge in [-0.2, -0.15) is 0 Å². The van der Waals surface area contributed by atoms with Gasteiger partial charge in [0.25, 0.3) is 0 Å². The van der Waals surface area contributed by atoms with E-state index in [0.717, 1.165) is 0 Å². The first-order valence-corrected chi connectivity index (χ1v) is 7.39. The van der Waals surface area contributed by atoms with Crippen molar-refractivity contribution in [1.29, 1.82) is 0 Å². The fraction of sp³-hybridized carbons (Fsp3) is 0.545. The summed E-state index contributed by atoms with van der Waals surface area (Å²) in [5.74, 6) is 0.0283. The fourth-order valence-electron chi connectivity index (χ4n) is 1.76. The van der Waals surface area contributed by atoms with Gasteiger partial charge in [-0.15, -0.1) is 0 Å². The third-order valence-electron chi connectivity index (χ3n) is 3.02. The summed E-state index contributed by atoms with van der Waals surface area (Å²) in [4.78, 5) is 5.98. The second-order valence-electron chi connectivity index (χ2n) is 4.50. The van der Waals surface area contributed by atoms with Crippen molar-refractivity contribution in [1.82, 2.24) is 14.6 Å². The van der Waals surface area contributed by atoms with E-state index in [-0.39, 0.29) is 10.7 Å². The van der Waals surface area contributed by atoms with Crippen LogP contribution in [0.3, 0.4) is 0 Å². The zero-order valence-electron chi connectivity index (χ0n) is 10.3. The van der Waals surface area contributed by atoms with Crippen LogP contribution in [0.2, 0.25) is 0 Å². The predicted molar refractivity (Wildman–Crippen MR) is 69.5 cm³/mol. The molecule has 100 valence electrons. The molecule has 0 saturated heterocycles. The number of pyridine rings is 1. The van der Waals surface area contributed by atoms with E-state index >= 15 is 0 Å². The lowest BCUT2D eigenvalue weighted by molar-refractivity contribution is 0.329. The maximum Gasteiger partial charge on any atom is 0.244 e. The maximum atomic E-state index is 12.0. The van der Waals surface area contributed by atoms with Gasteiger partial charge in [0.1, 0.15) is 10.7 Å². The van der Waals surface area contributed by atoms with E-state index in [0.29, 0.717) is 19.1 Å². The number of anilines is 1. The highest BCUT2D eigenvalue weighted by molar-refractivity contribution is 7.89. The Morgan fingerprint density at radius 2 is 2.28 bits per heavy atom. The number of nitrogen functional groups attached to an aromatic ring is 1. The molecule has 7 heteroatoms. The van der Waals surface area contributed by atoms with Crippen LogP contribution in [0.1, 0.15) is 12.8 Å². The summed E-state index contributed by atoms with van der Waals surface area (Å²) >= 11 is 0. The molecule has 0 amide bonds. The Hall–Kier alpha value is -1.18. The number of likely N-dealkylation sites (N-methyl/N-ethyl adjacent to an activating group) is 1. The molecular formula is C11H18N4O2S. The Labute approximate surface area is 107 Å². The molecule has 0 spiro atoms. The van der Waals surface area contributed by atoms with E-state index < -0.39 is 10.0 Å². The number of nitrogens with one attached hydrogen (secondary N) is 1. The summed E-state index contributed by atoms with van der Waals surface area (Å²) in [5.41, 5.74) is 5.56. The lowest BCUT2D eigenvalue weighted by atomic mass is 10.5. The van der Waals surface area contributed by atoms with Crippen molar-refractivity contribution in [2.24, 2.45) is 0 Å². The van der Waals surface area contributed by atoms with E-state index in [1.54, 1.807) is 6.07 Å². The minimum atomic E-state index is -3.56. The van der Waals surface area contributed by atoms with Crippen molar-refractivity contribution in [2.45, 2.75) is 23.8 Å². The smallest absolute Gasteiger partial charge is 0.244 e. The molecule has 0 bridgehead atoms.